The standard InChI is InChI=1S/C7H13N3O4S/c8-1-5(11)10(6(12)2-9)4(3-15)7(13)14/h4,15H,1-3,8-9H2,(H,13,14)/t4-/m0/s1. The summed E-state index contributed by atoms with van der Waals surface area (Å²) in [6.07, 6.45) is 0. The molecule has 0 aromatic rings. The third-order valence-electron chi connectivity index (χ3n) is 1.66. The molecule has 0 bridgehead atoms. The summed E-state index contributed by atoms with van der Waals surface area (Å²) in [6.45, 7) is -0.910. The van der Waals surface area contributed by atoms with Crippen LogP contribution in [0.3, 0.4) is 0 Å². The van der Waals surface area contributed by atoms with Crippen molar-refractivity contribution >= 4 is 30.4 Å². The van der Waals surface area contributed by atoms with Gasteiger partial charge in [-0.1, -0.05) is 0 Å². The summed E-state index contributed by atoms with van der Waals surface area (Å²) in [7, 11) is 0. The first-order valence-electron chi connectivity index (χ1n) is 4.08. The van der Waals surface area contributed by atoms with E-state index in [0.717, 1.165) is 0 Å². The van der Waals surface area contributed by atoms with Gasteiger partial charge in [-0.05, 0) is 0 Å². The first kappa shape index (κ1) is 13.9. The summed E-state index contributed by atoms with van der Waals surface area (Å²) in [6, 6.07) is -1.33. The number of imide groups is 1. The molecule has 0 aromatic heterocycles. The minimum Gasteiger partial charge on any atom is -0.480 e. The van der Waals surface area contributed by atoms with Crippen molar-refractivity contribution in [2.45, 2.75) is 6.04 Å². The number of amides is 2. The Morgan fingerprint density at radius 3 is 1.80 bits per heavy atom. The van der Waals surface area contributed by atoms with E-state index in [4.69, 9.17) is 16.6 Å². The van der Waals surface area contributed by atoms with Crippen molar-refractivity contribution < 1.29 is 19.5 Å². The maximum absolute atomic E-state index is 11.2. The molecular weight excluding hydrogens is 222 g/mol. The van der Waals surface area contributed by atoms with Crippen LogP contribution in [-0.2, 0) is 14.4 Å². The van der Waals surface area contributed by atoms with Crippen molar-refractivity contribution in [3.8, 4) is 0 Å². The number of carboxylic acid groups (broad SMARTS) is 1. The highest BCUT2D eigenvalue weighted by Gasteiger charge is 2.32. The van der Waals surface area contributed by atoms with Crippen LogP contribution in [0.4, 0.5) is 0 Å². The van der Waals surface area contributed by atoms with Crippen LogP contribution >= 0.6 is 12.6 Å². The zero-order valence-corrected chi connectivity index (χ0v) is 8.81. The Labute approximate surface area is 91.8 Å². The summed E-state index contributed by atoms with van der Waals surface area (Å²) in [5.74, 6) is -3.08. The monoisotopic (exact) mass is 235 g/mol. The van der Waals surface area contributed by atoms with Crippen molar-refractivity contribution in [1.82, 2.24) is 4.90 Å². The van der Waals surface area contributed by atoms with Crippen molar-refractivity contribution in [2.24, 2.45) is 11.5 Å². The lowest BCUT2D eigenvalue weighted by molar-refractivity contribution is -0.155. The van der Waals surface area contributed by atoms with Crippen molar-refractivity contribution in [3.63, 3.8) is 0 Å². The molecular formula is C7H13N3O4S. The molecule has 0 rings (SSSR count). The lowest BCUT2D eigenvalue weighted by Crippen LogP contribution is -2.53. The fourth-order valence-corrected chi connectivity index (χ4v) is 1.27. The SMILES string of the molecule is NCC(=O)N(C(=O)CN)[C@@H](CS)C(=O)O. The van der Waals surface area contributed by atoms with E-state index in [1.165, 1.54) is 0 Å². The molecule has 0 saturated heterocycles. The first-order chi connectivity index (χ1) is 6.99. The molecule has 1 atom stereocenters. The van der Waals surface area contributed by atoms with Gasteiger partial charge in [-0.3, -0.25) is 14.5 Å². The molecule has 0 aliphatic carbocycles. The molecule has 15 heavy (non-hydrogen) atoms. The minimum atomic E-state index is -1.33. The fourth-order valence-electron chi connectivity index (χ4n) is 0.954. The second kappa shape index (κ2) is 6.38. The normalized spacial score (nSPS) is 11.9. The number of thiol groups is 1. The Morgan fingerprint density at radius 2 is 1.60 bits per heavy atom. The summed E-state index contributed by atoms with van der Waals surface area (Å²) >= 11 is 3.75. The molecule has 0 heterocycles. The number of rotatable bonds is 5. The Morgan fingerprint density at radius 1 is 1.20 bits per heavy atom. The van der Waals surface area contributed by atoms with Crippen LogP contribution in [0.1, 0.15) is 0 Å². The summed E-state index contributed by atoms with van der Waals surface area (Å²) < 4.78 is 0. The molecule has 0 aliphatic rings. The third kappa shape index (κ3) is 3.50. The number of hydrogen-bond donors (Lipinski definition) is 4. The van der Waals surface area contributed by atoms with E-state index in [0.29, 0.717) is 4.90 Å². The second-order valence-electron chi connectivity index (χ2n) is 2.60. The number of carbonyl (C=O) groups excluding carboxylic acids is 2. The molecule has 5 N–H and O–H groups in total. The van der Waals surface area contributed by atoms with Crippen molar-refractivity contribution in [2.75, 3.05) is 18.8 Å². The highest BCUT2D eigenvalue weighted by Crippen LogP contribution is 2.03. The quantitative estimate of drug-likeness (QED) is 0.395. The van der Waals surface area contributed by atoms with Crippen LogP contribution in [0.5, 0.6) is 0 Å². The van der Waals surface area contributed by atoms with E-state index < -0.39 is 36.9 Å². The number of aliphatic carboxylic acids is 1. The molecule has 8 heteroatoms. The van der Waals surface area contributed by atoms with Gasteiger partial charge in [0.1, 0.15) is 6.04 Å². The predicted octanol–water partition coefficient (Wildman–Crippen LogP) is -2.36. The Kier molecular flexibility index (Phi) is 5.90. The van der Waals surface area contributed by atoms with E-state index in [9.17, 15) is 14.4 Å². The molecule has 0 radical (unpaired) electrons. The van der Waals surface area contributed by atoms with Crippen LogP contribution in [-0.4, -0.2) is 52.7 Å². The van der Waals surface area contributed by atoms with Crippen LogP contribution in [0.15, 0.2) is 0 Å². The first-order valence-corrected chi connectivity index (χ1v) is 4.71. The van der Waals surface area contributed by atoms with Gasteiger partial charge in [0.25, 0.3) is 0 Å². The largest absolute Gasteiger partial charge is 0.480 e. The molecule has 0 aromatic carbocycles. The zero-order valence-electron chi connectivity index (χ0n) is 7.92. The Hall–Kier alpha value is -1.12. The lowest BCUT2D eigenvalue weighted by atomic mass is 10.2. The fraction of sp³-hybridized carbons (Fsp3) is 0.571. The molecule has 2 amide bonds. The second-order valence-corrected chi connectivity index (χ2v) is 2.97. The van der Waals surface area contributed by atoms with Gasteiger partial charge in [-0.25, -0.2) is 4.79 Å². The maximum Gasteiger partial charge on any atom is 0.327 e. The van der Waals surface area contributed by atoms with Crippen LogP contribution in [0, 0.1) is 0 Å². The smallest absolute Gasteiger partial charge is 0.327 e. The van der Waals surface area contributed by atoms with Gasteiger partial charge in [0.05, 0.1) is 13.1 Å². The van der Waals surface area contributed by atoms with Gasteiger partial charge >= 0.3 is 5.97 Å². The topological polar surface area (TPSA) is 127 Å². The number of hydrogen-bond acceptors (Lipinski definition) is 6. The summed E-state index contributed by atoms with van der Waals surface area (Å²) in [4.78, 5) is 33.8. The molecule has 0 fully saturated rings. The van der Waals surface area contributed by atoms with E-state index in [1.54, 1.807) is 0 Å². The molecule has 0 aliphatic heterocycles. The highest BCUT2D eigenvalue weighted by atomic mass is 32.1. The number of carbonyl (C=O) groups is 3. The molecule has 86 valence electrons. The third-order valence-corrected chi connectivity index (χ3v) is 2.00. The van der Waals surface area contributed by atoms with Crippen molar-refractivity contribution in [3.05, 3.63) is 0 Å². The van der Waals surface area contributed by atoms with E-state index in [2.05, 4.69) is 12.6 Å². The van der Waals surface area contributed by atoms with Gasteiger partial charge in [0.15, 0.2) is 0 Å². The minimum absolute atomic E-state index is 0.188. The van der Waals surface area contributed by atoms with E-state index >= 15 is 0 Å². The average Bonchev–Trinajstić information content (AvgIpc) is 2.23. The molecule has 7 nitrogen and oxygen atoms in total. The summed E-state index contributed by atoms with van der Waals surface area (Å²) in [5.41, 5.74) is 10.1. The van der Waals surface area contributed by atoms with Crippen LogP contribution < -0.4 is 11.5 Å². The number of nitrogens with two attached hydrogens (primary N) is 2. The average molecular weight is 235 g/mol. The zero-order chi connectivity index (χ0) is 12.0. The predicted molar refractivity (Wildman–Crippen MR) is 55.2 cm³/mol. The van der Waals surface area contributed by atoms with Crippen LogP contribution in [0.25, 0.3) is 0 Å². The maximum atomic E-state index is 11.2. The van der Waals surface area contributed by atoms with Gasteiger partial charge in [0, 0.05) is 5.75 Å². The lowest BCUT2D eigenvalue weighted by Gasteiger charge is -2.25. The van der Waals surface area contributed by atoms with Gasteiger partial charge in [0.2, 0.25) is 11.8 Å². The van der Waals surface area contributed by atoms with E-state index in [-0.39, 0.29) is 5.75 Å². The number of carboxylic acids is 1. The van der Waals surface area contributed by atoms with Crippen molar-refractivity contribution in [1.29, 1.82) is 0 Å². The van der Waals surface area contributed by atoms with Gasteiger partial charge in [-0.2, -0.15) is 12.6 Å². The highest BCUT2D eigenvalue weighted by molar-refractivity contribution is 7.80. The Bertz CT molecular complexity index is 255. The molecule has 0 unspecified atom stereocenters. The molecule has 0 saturated carbocycles. The number of nitrogens with zero attached hydrogens (tertiary/aromatic N) is 1. The van der Waals surface area contributed by atoms with E-state index in [1.807, 2.05) is 0 Å². The van der Waals surface area contributed by atoms with Crippen LogP contribution in [0.2, 0.25) is 0 Å². The van der Waals surface area contributed by atoms with Gasteiger partial charge < -0.3 is 16.6 Å². The molecule has 0 spiro atoms. The van der Waals surface area contributed by atoms with Gasteiger partial charge in [-0.15, -0.1) is 0 Å². The summed E-state index contributed by atoms with van der Waals surface area (Å²) in [5, 5.41) is 8.76. The Balaban J connectivity index is 4.98.